The van der Waals surface area contributed by atoms with Crippen LogP contribution in [-0.2, 0) is 0 Å². The van der Waals surface area contributed by atoms with Gasteiger partial charge in [-0.15, -0.1) is 0 Å². The van der Waals surface area contributed by atoms with E-state index in [0.717, 1.165) is 0 Å². The molecule has 0 aliphatic carbocycles. The van der Waals surface area contributed by atoms with Crippen LogP contribution in [0.5, 0.6) is 11.5 Å². The fourth-order valence-electron chi connectivity index (χ4n) is 2.64. The van der Waals surface area contributed by atoms with Crippen LogP contribution in [0.3, 0.4) is 0 Å². The second-order valence-corrected chi connectivity index (χ2v) is 5.85. The number of allylic oxidation sites excluding steroid dienone is 6. The summed E-state index contributed by atoms with van der Waals surface area (Å²) in [6.07, 6.45) is 2.87. The number of ether oxygens (including phenoxy) is 2. The lowest BCUT2D eigenvalue weighted by atomic mass is 9.91. The number of rotatable bonds is 6. The van der Waals surface area contributed by atoms with Crippen LogP contribution < -0.4 is 9.47 Å². The van der Waals surface area contributed by atoms with Gasteiger partial charge in [0.05, 0.1) is 14.2 Å². The quantitative estimate of drug-likeness (QED) is 0.404. The minimum Gasteiger partial charge on any atom is -0.497 e. The Morgan fingerprint density at radius 1 is 0.600 bits per heavy atom. The Bertz CT molecular complexity index is 1050. The van der Waals surface area contributed by atoms with Gasteiger partial charge in [-0.25, -0.2) is 0 Å². The lowest BCUT2D eigenvalue weighted by Gasteiger charge is -2.12. The maximum Gasteiger partial charge on any atom is 0.130 e. The lowest BCUT2D eigenvalue weighted by molar-refractivity contribution is 0.414. The predicted molar refractivity (Wildman–Crippen MR) is 111 cm³/mol. The minimum atomic E-state index is -0.115. The smallest absolute Gasteiger partial charge is 0.130 e. The molecule has 2 rings (SSSR count). The number of nitrogens with zero attached hydrogens (tertiary/aromatic N) is 4. The van der Waals surface area contributed by atoms with E-state index in [2.05, 4.69) is 0 Å². The van der Waals surface area contributed by atoms with Gasteiger partial charge in [-0.2, -0.15) is 21.0 Å². The lowest BCUT2D eigenvalue weighted by Crippen LogP contribution is -1.93. The van der Waals surface area contributed by atoms with Crippen molar-refractivity contribution in [1.29, 1.82) is 21.0 Å². The van der Waals surface area contributed by atoms with Crippen molar-refractivity contribution in [3.8, 4) is 35.8 Å². The molecule has 2 aromatic carbocycles. The molecular weight excluding hydrogens is 376 g/mol. The number of nitriles is 4. The number of hydrogen-bond donors (Lipinski definition) is 0. The van der Waals surface area contributed by atoms with Crippen molar-refractivity contribution >= 4 is 11.1 Å². The largest absolute Gasteiger partial charge is 0.497 e. The summed E-state index contributed by atoms with van der Waals surface area (Å²) < 4.78 is 10.4. The van der Waals surface area contributed by atoms with Crippen LogP contribution in [-0.4, -0.2) is 14.2 Å². The Hall–Kier alpha value is -4.78. The van der Waals surface area contributed by atoms with E-state index in [9.17, 15) is 21.0 Å². The summed E-state index contributed by atoms with van der Waals surface area (Å²) in [4.78, 5) is 0. The fraction of sp³-hybridized carbons (Fsp3) is 0.0833. The third-order valence-corrected chi connectivity index (χ3v) is 4.15. The van der Waals surface area contributed by atoms with Gasteiger partial charge in [0, 0.05) is 0 Å². The maximum atomic E-state index is 9.28. The summed E-state index contributed by atoms with van der Waals surface area (Å²) >= 11 is 0. The van der Waals surface area contributed by atoms with Crippen molar-refractivity contribution < 1.29 is 9.47 Å². The summed E-state index contributed by atoms with van der Waals surface area (Å²) in [5.41, 5.74) is 2.13. The molecule has 0 heterocycles. The zero-order valence-electron chi connectivity index (χ0n) is 16.4. The second kappa shape index (κ2) is 10.5. The van der Waals surface area contributed by atoms with Gasteiger partial charge in [0.15, 0.2) is 0 Å². The molecule has 0 N–H and O–H groups in total. The summed E-state index contributed by atoms with van der Waals surface area (Å²) in [7, 11) is 3.10. The summed E-state index contributed by atoms with van der Waals surface area (Å²) in [6.45, 7) is 0. The van der Waals surface area contributed by atoms with Gasteiger partial charge in [0.2, 0.25) is 0 Å². The van der Waals surface area contributed by atoms with E-state index in [1.807, 2.05) is 24.3 Å². The Kier molecular flexibility index (Phi) is 7.55. The zero-order valence-corrected chi connectivity index (χ0v) is 16.4. The van der Waals surface area contributed by atoms with E-state index in [1.165, 1.54) is 12.2 Å². The first-order valence-corrected chi connectivity index (χ1v) is 8.67. The molecule has 0 radical (unpaired) electrons. The van der Waals surface area contributed by atoms with E-state index >= 15 is 0 Å². The highest BCUT2D eigenvalue weighted by Gasteiger charge is 2.12. The molecule has 0 atom stereocenters. The van der Waals surface area contributed by atoms with Crippen LogP contribution in [0.2, 0.25) is 0 Å². The van der Waals surface area contributed by atoms with Gasteiger partial charge >= 0.3 is 0 Å². The Morgan fingerprint density at radius 2 is 0.900 bits per heavy atom. The van der Waals surface area contributed by atoms with Crippen LogP contribution in [0.25, 0.3) is 11.1 Å². The first-order valence-electron chi connectivity index (χ1n) is 8.67. The maximum absolute atomic E-state index is 9.28. The molecule has 6 heteroatoms. The van der Waals surface area contributed by atoms with E-state index in [4.69, 9.17) is 9.47 Å². The molecule has 6 nitrogen and oxygen atoms in total. The van der Waals surface area contributed by atoms with Gasteiger partial charge in [-0.3, -0.25) is 0 Å². The Labute approximate surface area is 175 Å². The molecule has 0 aliphatic rings. The summed E-state index contributed by atoms with van der Waals surface area (Å²) in [5, 5.41) is 37.1. The number of benzene rings is 2. The van der Waals surface area contributed by atoms with Crippen molar-refractivity contribution in [1.82, 2.24) is 0 Å². The SMILES string of the molecule is COc1ccc(/C(C=C(C#N)C#N)=C(\C=C(C#N)C#N)c2ccc(OC)cc2)cc1. The van der Waals surface area contributed by atoms with Crippen molar-refractivity contribution in [2.45, 2.75) is 0 Å². The van der Waals surface area contributed by atoms with Crippen LogP contribution in [0.1, 0.15) is 11.1 Å². The van der Waals surface area contributed by atoms with E-state index in [1.54, 1.807) is 62.8 Å². The molecule has 0 unspecified atom stereocenters. The molecule has 30 heavy (non-hydrogen) atoms. The third-order valence-electron chi connectivity index (χ3n) is 4.15. The van der Waals surface area contributed by atoms with E-state index in [0.29, 0.717) is 33.8 Å². The van der Waals surface area contributed by atoms with Gasteiger partial charge < -0.3 is 9.47 Å². The first-order chi connectivity index (χ1) is 14.6. The highest BCUT2D eigenvalue weighted by molar-refractivity contribution is 6.01. The average molecular weight is 392 g/mol. The van der Waals surface area contributed by atoms with Gasteiger partial charge in [0.25, 0.3) is 0 Å². The molecular formula is C24H16N4O2. The second-order valence-electron chi connectivity index (χ2n) is 5.85. The summed E-state index contributed by atoms with van der Waals surface area (Å²) in [5.74, 6) is 1.28. The highest BCUT2D eigenvalue weighted by Crippen LogP contribution is 2.32. The minimum absolute atomic E-state index is 0.115. The molecule has 0 fully saturated rings. The van der Waals surface area contributed by atoms with Crippen molar-refractivity contribution in [3.63, 3.8) is 0 Å². The van der Waals surface area contributed by atoms with Crippen LogP contribution in [0.4, 0.5) is 0 Å². The molecule has 0 aromatic heterocycles. The topological polar surface area (TPSA) is 114 Å². The Balaban J connectivity index is 2.91. The van der Waals surface area contributed by atoms with E-state index < -0.39 is 0 Å². The molecule has 0 saturated carbocycles. The van der Waals surface area contributed by atoms with Gasteiger partial charge in [0.1, 0.15) is 46.9 Å². The van der Waals surface area contributed by atoms with E-state index in [-0.39, 0.29) is 11.1 Å². The molecule has 0 spiro atoms. The molecule has 0 aliphatic heterocycles. The normalized spacial score (nSPS) is 10.1. The van der Waals surface area contributed by atoms with Crippen molar-refractivity contribution in [2.24, 2.45) is 0 Å². The van der Waals surface area contributed by atoms with Crippen LogP contribution >= 0.6 is 0 Å². The summed E-state index contributed by atoms with van der Waals surface area (Å²) in [6, 6.07) is 21.5. The highest BCUT2D eigenvalue weighted by atomic mass is 16.5. The zero-order chi connectivity index (χ0) is 21.9. The average Bonchev–Trinajstić information content (AvgIpc) is 2.81. The molecule has 0 amide bonds. The molecule has 144 valence electrons. The standard InChI is InChI=1S/C24H16N4O2/c1-29-21-7-3-19(4-8-21)23(11-17(13-25)14-26)24(12-18(15-27)16-28)20-5-9-22(30-2)10-6-20/h3-12H,1-2H3/b24-23+. The predicted octanol–water partition coefficient (Wildman–Crippen LogP) is 4.56. The molecule has 0 saturated heterocycles. The fourth-order valence-corrected chi connectivity index (χ4v) is 2.64. The van der Waals surface area contributed by atoms with Crippen LogP contribution in [0.15, 0.2) is 71.8 Å². The monoisotopic (exact) mass is 392 g/mol. The van der Waals surface area contributed by atoms with Crippen LogP contribution in [0, 0.1) is 45.3 Å². The number of methoxy groups -OCH3 is 2. The van der Waals surface area contributed by atoms with Crippen molar-refractivity contribution in [3.05, 3.63) is 83.0 Å². The first kappa shape index (κ1) is 21.5. The number of hydrogen-bond acceptors (Lipinski definition) is 6. The molecule has 2 aromatic rings. The molecule has 0 bridgehead atoms. The van der Waals surface area contributed by atoms with Crippen molar-refractivity contribution in [2.75, 3.05) is 14.2 Å². The third kappa shape index (κ3) is 5.14. The Morgan fingerprint density at radius 3 is 1.13 bits per heavy atom. The van der Waals surface area contributed by atoms with Gasteiger partial charge in [-0.1, -0.05) is 24.3 Å². The van der Waals surface area contributed by atoms with Gasteiger partial charge in [-0.05, 0) is 58.7 Å².